The van der Waals surface area contributed by atoms with Crippen molar-refractivity contribution in [2.45, 2.75) is 26.8 Å². The van der Waals surface area contributed by atoms with Crippen molar-refractivity contribution in [3.05, 3.63) is 24.0 Å². The zero-order chi connectivity index (χ0) is 14.4. The molecule has 0 aliphatic heterocycles. The Balaban J connectivity index is 0. The van der Waals surface area contributed by atoms with Gasteiger partial charge in [-0.1, -0.05) is 6.92 Å². The first kappa shape index (κ1) is 22.2. The molecule has 0 radical (unpaired) electrons. The number of halogens is 3. The number of carbonyl (C=O) groups is 1. The molecule has 1 atom stereocenters. The van der Waals surface area contributed by atoms with E-state index in [0.717, 1.165) is 5.69 Å². The molecule has 1 amide bonds. The molecule has 0 heterocycles. The molecule has 0 fully saturated rings. The number of amides is 1. The van der Waals surface area contributed by atoms with Crippen molar-refractivity contribution in [1.82, 2.24) is 5.32 Å². The zero-order valence-corrected chi connectivity index (χ0v) is 14.3. The zero-order valence-electron chi connectivity index (χ0n) is 12.7. The van der Waals surface area contributed by atoms with Gasteiger partial charge in [-0.15, -0.1) is 24.8 Å². The third-order valence-electron chi connectivity index (χ3n) is 2.64. The molecule has 0 saturated carbocycles. The topological polar surface area (TPSA) is 53.2 Å². The van der Waals surface area contributed by atoms with E-state index >= 15 is 0 Å². The normalized spacial score (nSPS) is 11.1. The molecule has 0 aliphatic rings. The van der Waals surface area contributed by atoms with Gasteiger partial charge in [-0.2, -0.15) is 0 Å². The number of hydrogen-bond donors (Lipinski definition) is 3. The predicted octanol–water partition coefficient (Wildman–Crippen LogP) is 3.28. The Morgan fingerprint density at radius 2 is 1.81 bits per heavy atom. The minimum atomic E-state index is -0.370. The van der Waals surface area contributed by atoms with Gasteiger partial charge in [-0.05, 0) is 39.1 Å². The molecule has 0 aromatic heterocycles. The SMILES string of the molecule is CNCC(C)C(=O)Nc1cc(F)ccc1NC(C)C.Cl.Cl. The van der Waals surface area contributed by atoms with Crippen LogP contribution in [0.5, 0.6) is 0 Å². The van der Waals surface area contributed by atoms with Crippen LogP contribution in [-0.4, -0.2) is 25.5 Å². The first-order chi connectivity index (χ1) is 8.93. The average Bonchev–Trinajstić information content (AvgIpc) is 2.32. The fourth-order valence-electron chi connectivity index (χ4n) is 1.71. The summed E-state index contributed by atoms with van der Waals surface area (Å²) in [5.74, 6) is -0.683. The monoisotopic (exact) mass is 339 g/mol. The number of benzene rings is 1. The number of anilines is 2. The highest BCUT2D eigenvalue weighted by Gasteiger charge is 2.14. The van der Waals surface area contributed by atoms with Crippen LogP contribution >= 0.6 is 24.8 Å². The maximum absolute atomic E-state index is 13.3. The van der Waals surface area contributed by atoms with Gasteiger partial charge in [0.1, 0.15) is 5.82 Å². The molecule has 21 heavy (non-hydrogen) atoms. The van der Waals surface area contributed by atoms with E-state index in [-0.39, 0.29) is 48.5 Å². The summed E-state index contributed by atoms with van der Waals surface area (Å²) in [6.07, 6.45) is 0. The van der Waals surface area contributed by atoms with Gasteiger partial charge in [0, 0.05) is 18.5 Å². The van der Waals surface area contributed by atoms with Gasteiger partial charge >= 0.3 is 0 Å². The van der Waals surface area contributed by atoms with E-state index in [1.54, 1.807) is 13.1 Å². The van der Waals surface area contributed by atoms with Gasteiger partial charge in [-0.25, -0.2) is 4.39 Å². The molecular weight excluding hydrogens is 316 g/mol. The Labute approximate surface area is 138 Å². The van der Waals surface area contributed by atoms with E-state index < -0.39 is 0 Å². The molecule has 7 heteroatoms. The van der Waals surface area contributed by atoms with Gasteiger partial charge in [-0.3, -0.25) is 4.79 Å². The van der Waals surface area contributed by atoms with Gasteiger partial charge in [0.15, 0.2) is 0 Å². The summed E-state index contributed by atoms with van der Waals surface area (Å²) >= 11 is 0. The first-order valence-electron chi connectivity index (χ1n) is 6.45. The fraction of sp³-hybridized carbons (Fsp3) is 0.500. The van der Waals surface area contributed by atoms with Crippen molar-refractivity contribution in [1.29, 1.82) is 0 Å². The maximum Gasteiger partial charge on any atom is 0.228 e. The lowest BCUT2D eigenvalue weighted by atomic mass is 10.1. The highest BCUT2D eigenvalue weighted by atomic mass is 35.5. The van der Waals surface area contributed by atoms with Gasteiger partial charge < -0.3 is 16.0 Å². The van der Waals surface area contributed by atoms with Gasteiger partial charge in [0.2, 0.25) is 5.91 Å². The average molecular weight is 340 g/mol. The summed E-state index contributed by atoms with van der Waals surface area (Å²) in [5, 5.41) is 8.88. The van der Waals surface area contributed by atoms with Crippen LogP contribution in [0.4, 0.5) is 15.8 Å². The summed E-state index contributed by atoms with van der Waals surface area (Å²) in [6.45, 7) is 6.37. The molecule has 4 nitrogen and oxygen atoms in total. The van der Waals surface area contributed by atoms with E-state index in [2.05, 4.69) is 16.0 Å². The summed E-state index contributed by atoms with van der Waals surface area (Å²) in [4.78, 5) is 12.0. The van der Waals surface area contributed by atoms with Crippen molar-refractivity contribution in [3.8, 4) is 0 Å². The Kier molecular flexibility index (Phi) is 11.3. The van der Waals surface area contributed by atoms with Gasteiger partial charge in [0.25, 0.3) is 0 Å². The lowest BCUT2D eigenvalue weighted by molar-refractivity contribution is -0.119. The molecule has 0 saturated heterocycles. The molecule has 1 unspecified atom stereocenters. The van der Waals surface area contributed by atoms with Crippen LogP contribution in [0.15, 0.2) is 18.2 Å². The van der Waals surface area contributed by atoms with Crippen LogP contribution in [0.1, 0.15) is 20.8 Å². The van der Waals surface area contributed by atoms with Crippen LogP contribution in [-0.2, 0) is 4.79 Å². The van der Waals surface area contributed by atoms with Crippen LogP contribution in [0.3, 0.4) is 0 Å². The summed E-state index contributed by atoms with van der Waals surface area (Å²) in [6, 6.07) is 4.54. The smallest absolute Gasteiger partial charge is 0.228 e. The predicted molar refractivity (Wildman–Crippen MR) is 91.4 cm³/mol. The second kappa shape index (κ2) is 10.7. The van der Waals surface area contributed by atoms with Crippen LogP contribution in [0, 0.1) is 11.7 Å². The minimum absolute atomic E-state index is 0. The largest absolute Gasteiger partial charge is 0.381 e. The van der Waals surface area contributed by atoms with Crippen LogP contribution < -0.4 is 16.0 Å². The van der Waals surface area contributed by atoms with E-state index in [1.807, 2.05) is 20.8 Å². The highest BCUT2D eigenvalue weighted by Crippen LogP contribution is 2.24. The second-order valence-corrected chi connectivity index (χ2v) is 4.94. The molecule has 1 rings (SSSR count). The third kappa shape index (κ3) is 7.50. The first-order valence-corrected chi connectivity index (χ1v) is 6.45. The number of rotatable bonds is 6. The van der Waals surface area contributed by atoms with Gasteiger partial charge in [0.05, 0.1) is 11.4 Å². The minimum Gasteiger partial charge on any atom is -0.381 e. The fourth-order valence-corrected chi connectivity index (χ4v) is 1.71. The Morgan fingerprint density at radius 3 is 2.33 bits per heavy atom. The second-order valence-electron chi connectivity index (χ2n) is 4.94. The molecular formula is C14H24Cl2FN3O. The summed E-state index contributed by atoms with van der Waals surface area (Å²) < 4.78 is 13.3. The Hall–Kier alpha value is -1.04. The van der Waals surface area contributed by atoms with Crippen LogP contribution in [0.2, 0.25) is 0 Å². The molecule has 0 spiro atoms. The quantitative estimate of drug-likeness (QED) is 0.745. The molecule has 1 aromatic rings. The van der Waals surface area contributed by atoms with E-state index in [9.17, 15) is 9.18 Å². The lowest BCUT2D eigenvalue weighted by Crippen LogP contribution is -2.29. The number of nitrogens with one attached hydrogen (secondary N) is 3. The standard InChI is InChI=1S/C14H22FN3O.2ClH/c1-9(2)17-12-6-5-11(15)7-13(12)18-14(19)10(3)8-16-4;;/h5-7,9-10,16-17H,8H2,1-4H3,(H,18,19);2*1H. The van der Waals surface area contributed by atoms with Crippen molar-refractivity contribution >= 4 is 42.1 Å². The van der Waals surface area contributed by atoms with Crippen molar-refractivity contribution in [2.24, 2.45) is 5.92 Å². The van der Waals surface area contributed by atoms with E-state index in [1.165, 1.54) is 12.1 Å². The molecule has 3 N–H and O–H groups in total. The Morgan fingerprint density at radius 1 is 1.19 bits per heavy atom. The summed E-state index contributed by atoms with van der Waals surface area (Å²) in [5.41, 5.74) is 1.20. The molecule has 0 aliphatic carbocycles. The van der Waals surface area contributed by atoms with E-state index in [4.69, 9.17) is 0 Å². The van der Waals surface area contributed by atoms with Crippen molar-refractivity contribution in [2.75, 3.05) is 24.2 Å². The third-order valence-corrected chi connectivity index (χ3v) is 2.64. The number of carbonyl (C=O) groups excluding carboxylic acids is 1. The molecule has 1 aromatic carbocycles. The van der Waals surface area contributed by atoms with E-state index in [0.29, 0.717) is 12.2 Å². The van der Waals surface area contributed by atoms with Crippen molar-refractivity contribution < 1.29 is 9.18 Å². The number of hydrogen-bond acceptors (Lipinski definition) is 3. The molecule has 122 valence electrons. The Bertz CT molecular complexity index is 444. The van der Waals surface area contributed by atoms with Crippen molar-refractivity contribution in [3.63, 3.8) is 0 Å². The van der Waals surface area contributed by atoms with Crippen LogP contribution in [0.25, 0.3) is 0 Å². The maximum atomic E-state index is 13.3. The highest BCUT2D eigenvalue weighted by molar-refractivity contribution is 5.95. The molecule has 0 bridgehead atoms. The lowest BCUT2D eigenvalue weighted by Gasteiger charge is -2.17. The summed E-state index contributed by atoms with van der Waals surface area (Å²) in [7, 11) is 1.79.